The molecule has 2 aromatic rings. The zero-order valence-electron chi connectivity index (χ0n) is 16.9. The fraction of sp³-hybridized carbons (Fsp3) is 0.391. The molecule has 2 aliphatic heterocycles. The first-order chi connectivity index (χ1) is 14.5. The Morgan fingerprint density at radius 3 is 2.40 bits per heavy atom. The minimum Gasteiger partial charge on any atom is -0.352 e. The van der Waals surface area contributed by atoms with E-state index in [4.69, 9.17) is 0 Å². The Morgan fingerprint density at radius 1 is 0.933 bits per heavy atom. The van der Waals surface area contributed by atoms with Gasteiger partial charge in [-0.1, -0.05) is 25.0 Å². The van der Waals surface area contributed by atoms with Crippen molar-refractivity contribution in [3.63, 3.8) is 0 Å². The van der Waals surface area contributed by atoms with Gasteiger partial charge in [-0.05, 0) is 69.2 Å². The molecular formula is C23H26N2O4S. The number of fused-ring (bicyclic) bond motifs is 2. The number of rotatable bonds is 5. The molecule has 1 amide bonds. The molecule has 7 heteroatoms. The van der Waals surface area contributed by atoms with Crippen molar-refractivity contribution < 1.29 is 18.0 Å². The molecule has 0 saturated carbocycles. The van der Waals surface area contributed by atoms with E-state index in [0.717, 1.165) is 26.1 Å². The van der Waals surface area contributed by atoms with Gasteiger partial charge < -0.3 is 10.2 Å². The minimum atomic E-state index is -3.84. The molecule has 2 aliphatic rings. The van der Waals surface area contributed by atoms with Crippen molar-refractivity contribution in [3.8, 4) is 0 Å². The number of hydrogen-bond donors (Lipinski definition) is 1. The molecule has 0 unspecified atom stereocenters. The van der Waals surface area contributed by atoms with E-state index in [0.29, 0.717) is 6.54 Å². The van der Waals surface area contributed by atoms with Crippen LogP contribution >= 0.6 is 0 Å². The first kappa shape index (κ1) is 20.8. The molecule has 2 aromatic carbocycles. The van der Waals surface area contributed by atoms with Gasteiger partial charge in [0.1, 0.15) is 0 Å². The number of likely N-dealkylation sites (tertiary alicyclic amines) is 1. The first-order valence-electron chi connectivity index (χ1n) is 10.5. The molecule has 1 saturated heterocycles. The summed E-state index contributed by atoms with van der Waals surface area (Å²) in [6.45, 7) is 3.71. The third-order valence-corrected chi connectivity index (χ3v) is 7.69. The molecule has 0 atom stereocenters. The van der Waals surface area contributed by atoms with Gasteiger partial charge in [-0.25, -0.2) is 8.42 Å². The Balaban J connectivity index is 1.44. The lowest BCUT2D eigenvalue weighted by Crippen LogP contribution is -2.31. The summed E-state index contributed by atoms with van der Waals surface area (Å²) in [6, 6.07) is 10.5. The average Bonchev–Trinajstić information content (AvgIpc) is 3.04. The lowest BCUT2D eigenvalue weighted by molar-refractivity contribution is 0.0949. The molecule has 4 rings (SSSR count). The summed E-state index contributed by atoms with van der Waals surface area (Å²) in [5, 5.41) is 2.87. The smallest absolute Gasteiger partial charge is 0.251 e. The van der Waals surface area contributed by atoms with Crippen LogP contribution in [0.2, 0.25) is 0 Å². The van der Waals surface area contributed by atoms with Crippen LogP contribution in [0.1, 0.15) is 58.4 Å². The lowest BCUT2D eigenvalue weighted by Gasteiger charge is -2.20. The van der Waals surface area contributed by atoms with Crippen LogP contribution in [-0.2, 0) is 9.84 Å². The molecule has 0 aliphatic carbocycles. The van der Waals surface area contributed by atoms with Crippen LogP contribution in [0.4, 0.5) is 0 Å². The highest BCUT2D eigenvalue weighted by molar-refractivity contribution is 7.91. The number of ketones is 1. The summed E-state index contributed by atoms with van der Waals surface area (Å²) in [6.07, 6.45) is 5.90. The topological polar surface area (TPSA) is 83.6 Å². The summed E-state index contributed by atoms with van der Waals surface area (Å²) in [5.41, 5.74) is 0.543. The molecule has 1 fully saturated rings. The number of hydrogen-bond acceptors (Lipinski definition) is 5. The minimum absolute atomic E-state index is 0.00231. The van der Waals surface area contributed by atoms with Crippen LogP contribution in [0.5, 0.6) is 0 Å². The normalized spacial score (nSPS) is 18.2. The monoisotopic (exact) mass is 426 g/mol. The highest BCUT2D eigenvalue weighted by atomic mass is 32.2. The van der Waals surface area contributed by atoms with E-state index in [9.17, 15) is 18.0 Å². The Bertz CT molecular complexity index is 1070. The van der Waals surface area contributed by atoms with Crippen molar-refractivity contribution in [1.29, 1.82) is 0 Å². The average molecular weight is 427 g/mol. The zero-order valence-corrected chi connectivity index (χ0v) is 17.7. The van der Waals surface area contributed by atoms with Gasteiger partial charge in [-0.3, -0.25) is 9.59 Å². The van der Waals surface area contributed by atoms with Gasteiger partial charge in [0.05, 0.1) is 9.79 Å². The van der Waals surface area contributed by atoms with E-state index in [1.807, 2.05) is 0 Å². The Labute approximate surface area is 177 Å². The maximum Gasteiger partial charge on any atom is 0.251 e. The summed E-state index contributed by atoms with van der Waals surface area (Å²) in [5.74, 6) is -0.657. The Hall–Kier alpha value is -2.51. The standard InChI is InChI=1S/C23H26N2O4S/c26-22-18-8-3-4-9-20(18)30(28,29)21-16-17(10-11-19(21)22)23(27)24-12-7-15-25-13-5-1-2-6-14-25/h3-4,8-11,16H,1-2,5-7,12-15H2,(H,24,27). The van der Waals surface area contributed by atoms with Crippen molar-refractivity contribution in [2.45, 2.75) is 41.9 Å². The van der Waals surface area contributed by atoms with E-state index < -0.39 is 9.84 Å². The van der Waals surface area contributed by atoms with Gasteiger partial charge in [0.15, 0.2) is 5.78 Å². The largest absolute Gasteiger partial charge is 0.352 e. The second-order valence-electron chi connectivity index (χ2n) is 7.90. The van der Waals surface area contributed by atoms with Gasteiger partial charge in [0.2, 0.25) is 9.84 Å². The molecule has 158 valence electrons. The molecule has 0 bridgehead atoms. The van der Waals surface area contributed by atoms with E-state index in [1.165, 1.54) is 56.0 Å². The van der Waals surface area contributed by atoms with Crippen molar-refractivity contribution >= 4 is 21.5 Å². The highest BCUT2D eigenvalue weighted by Crippen LogP contribution is 2.34. The zero-order chi connectivity index (χ0) is 21.1. The molecular weight excluding hydrogens is 400 g/mol. The van der Waals surface area contributed by atoms with Crippen molar-refractivity contribution in [2.24, 2.45) is 0 Å². The first-order valence-corrected chi connectivity index (χ1v) is 12.0. The summed E-state index contributed by atoms with van der Waals surface area (Å²) >= 11 is 0. The third kappa shape index (κ3) is 4.04. The van der Waals surface area contributed by atoms with Crippen LogP contribution in [0, 0.1) is 0 Å². The predicted molar refractivity (Wildman–Crippen MR) is 114 cm³/mol. The van der Waals surface area contributed by atoms with Gasteiger partial charge in [-0.2, -0.15) is 0 Å². The van der Waals surface area contributed by atoms with E-state index in [2.05, 4.69) is 10.2 Å². The fourth-order valence-corrected chi connectivity index (χ4v) is 5.87. The number of carbonyl (C=O) groups excluding carboxylic acids is 2. The number of nitrogens with one attached hydrogen (secondary N) is 1. The summed E-state index contributed by atoms with van der Waals surface area (Å²) in [7, 11) is -3.84. The van der Waals surface area contributed by atoms with Gasteiger partial charge in [0.25, 0.3) is 5.91 Å². The Kier molecular flexibility index (Phi) is 6.01. The third-order valence-electron chi connectivity index (χ3n) is 5.83. The molecule has 2 heterocycles. The molecule has 6 nitrogen and oxygen atoms in total. The van der Waals surface area contributed by atoms with E-state index in [1.54, 1.807) is 12.1 Å². The van der Waals surface area contributed by atoms with E-state index >= 15 is 0 Å². The second kappa shape index (κ2) is 8.70. The molecule has 0 aromatic heterocycles. The Morgan fingerprint density at radius 2 is 1.63 bits per heavy atom. The van der Waals surface area contributed by atoms with Gasteiger partial charge in [0, 0.05) is 23.2 Å². The van der Waals surface area contributed by atoms with Crippen LogP contribution in [0.15, 0.2) is 52.3 Å². The lowest BCUT2D eigenvalue weighted by atomic mass is 10.0. The number of nitrogens with zero attached hydrogens (tertiary/aromatic N) is 1. The number of carbonyl (C=O) groups is 2. The summed E-state index contributed by atoms with van der Waals surface area (Å²) in [4.78, 5) is 27.6. The quantitative estimate of drug-likeness (QED) is 0.634. The van der Waals surface area contributed by atoms with Gasteiger partial charge in [-0.15, -0.1) is 0 Å². The fourth-order valence-electron chi connectivity index (χ4n) is 4.19. The predicted octanol–water partition coefficient (Wildman–Crippen LogP) is 3.06. The van der Waals surface area contributed by atoms with Crippen molar-refractivity contribution in [2.75, 3.05) is 26.2 Å². The van der Waals surface area contributed by atoms with Crippen molar-refractivity contribution in [3.05, 3.63) is 59.2 Å². The highest BCUT2D eigenvalue weighted by Gasteiger charge is 2.34. The van der Waals surface area contributed by atoms with Crippen LogP contribution in [0.3, 0.4) is 0 Å². The molecule has 0 spiro atoms. The maximum atomic E-state index is 13.0. The number of benzene rings is 2. The maximum absolute atomic E-state index is 13.0. The SMILES string of the molecule is O=C(NCCCN1CCCCCC1)c1ccc2c(c1)S(=O)(=O)c1ccccc1C2=O. The van der Waals surface area contributed by atoms with Crippen LogP contribution in [-0.4, -0.2) is 51.2 Å². The van der Waals surface area contributed by atoms with Crippen LogP contribution < -0.4 is 5.32 Å². The second-order valence-corrected chi connectivity index (χ2v) is 9.79. The molecule has 1 N–H and O–H groups in total. The molecule has 0 radical (unpaired) electrons. The number of sulfone groups is 1. The van der Waals surface area contributed by atoms with Crippen LogP contribution in [0.25, 0.3) is 0 Å². The van der Waals surface area contributed by atoms with Gasteiger partial charge >= 0.3 is 0 Å². The summed E-state index contributed by atoms with van der Waals surface area (Å²) < 4.78 is 26.0. The number of amides is 1. The molecule has 30 heavy (non-hydrogen) atoms. The van der Waals surface area contributed by atoms with Crippen molar-refractivity contribution in [1.82, 2.24) is 10.2 Å². The van der Waals surface area contributed by atoms with E-state index in [-0.39, 0.29) is 38.2 Å².